The van der Waals surface area contributed by atoms with Gasteiger partial charge < -0.3 is 10.6 Å². The average Bonchev–Trinajstić information content (AvgIpc) is 2.88. The second-order valence-electron chi connectivity index (χ2n) is 5.01. The van der Waals surface area contributed by atoms with Crippen LogP contribution in [0.2, 0.25) is 0 Å². The molecular weight excluding hydrogens is 234 g/mol. The van der Waals surface area contributed by atoms with Crippen molar-refractivity contribution in [1.29, 1.82) is 0 Å². The standard InChI is InChI=1S/C12H19N3OS/c1-8-6-17-10(14-8)9(2)15-11(16)12(3)4-5-13-7-12/h6,9,13H,4-5,7H2,1-3H3,(H,15,16). The summed E-state index contributed by atoms with van der Waals surface area (Å²) in [5.41, 5.74) is 0.750. The van der Waals surface area contributed by atoms with Crippen LogP contribution in [-0.2, 0) is 4.79 Å². The van der Waals surface area contributed by atoms with E-state index in [1.807, 2.05) is 26.2 Å². The highest BCUT2D eigenvalue weighted by Crippen LogP contribution is 2.26. The van der Waals surface area contributed by atoms with Crippen molar-refractivity contribution in [2.24, 2.45) is 5.41 Å². The molecule has 0 radical (unpaired) electrons. The summed E-state index contributed by atoms with van der Waals surface area (Å²) in [7, 11) is 0. The van der Waals surface area contributed by atoms with Crippen molar-refractivity contribution in [2.45, 2.75) is 33.2 Å². The van der Waals surface area contributed by atoms with Crippen molar-refractivity contribution in [2.75, 3.05) is 13.1 Å². The Morgan fingerprint density at radius 3 is 3.00 bits per heavy atom. The monoisotopic (exact) mass is 253 g/mol. The Bertz CT molecular complexity index is 410. The van der Waals surface area contributed by atoms with Gasteiger partial charge in [-0.3, -0.25) is 4.79 Å². The molecule has 17 heavy (non-hydrogen) atoms. The van der Waals surface area contributed by atoms with Gasteiger partial charge in [-0.1, -0.05) is 0 Å². The molecule has 1 amide bonds. The molecule has 1 aliphatic rings. The van der Waals surface area contributed by atoms with Crippen LogP contribution in [0.3, 0.4) is 0 Å². The molecule has 2 N–H and O–H groups in total. The highest BCUT2D eigenvalue weighted by molar-refractivity contribution is 7.09. The number of nitrogens with one attached hydrogen (secondary N) is 2. The fraction of sp³-hybridized carbons (Fsp3) is 0.667. The van der Waals surface area contributed by atoms with E-state index in [1.165, 1.54) is 0 Å². The Balaban J connectivity index is 1.99. The summed E-state index contributed by atoms with van der Waals surface area (Å²) in [5, 5.41) is 9.29. The number of aromatic nitrogens is 1. The normalized spacial score (nSPS) is 25.8. The molecule has 2 rings (SSSR count). The maximum Gasteiger partial charge on any atom is 0.227 e. The maximum atomic E-state index is 12.2. The third-order valence-corrected chi connectivity index (χ3v) is 4.42. The minimum atomic E-state index is -0.263. The molecule has 5 heteroatoms. The van der Waals surface area contributed by atoms with E-state index in [1.54, 1.807) is 11.3 Å². The predicted molar refractivity (Wildman–Crippen MR) is 69.0 cm³/mol. The Labute approximate surface area is 106 Å². The summed E-state index contributed by atoms with van der Waals surface area (Å²) in [6.45, 7) is 7.66. The van der Waals surface area contributed by atoms with E-state index >= 15 is 0 Å². The van der Waals surface area contributed by atoms with Crippen molar-refractivity contribution in [3.8, 4) is 0 Å². The van der Waals surface area contributed by atoms with Crippen LogP contribution in [0.1, 0.15) is 37.0 Å². The smallest absolute Gasteiger partial charge is 0.227 e. The molecule has 2 heterocycles. The largest absolute Gasteiger partial charge is 0.347 e. The van der Waals surface area contributed by atoms with Crippen molar-refractivity contribution in [3.05, 3.63) is 16.1 Å². The van der Waals surface area contributed by atoms with Crippen LogP contribution >= 0.6 is 11.3 Å². The van der Waals surface area contributed by atoms with Gasteiger partial charge in [0.25, 0.3) is 0 Å². The van der Waals surface area contributed by atoms with E-state index in [2.05, 4.69) is 15.6 Å². The second kappa shape index (κ2) is 4.74. The van der Waals surface area contributed by atoms with Crippen LogP contribution in [0, 0.1) is 12.3 Å². The van der Waals surface area contributed by atoms with Crippen molar-refractivity contribution in [3.63, 3.8) is 0 Å². The zero-order chi connectivity index (χ0) is 12.5. The minimum absolute atomic E-state index is 0.00127. The van der Waals surface area contributed by atoms with Crippen molar-refractivity contribution < 1.29 is 4.79 Å². The van der Waals surface area contributed by atoms with Gasteiger partial charge in [0.2, 0.25) is 5.91 Å². The molecule has 1 aromatic rings. The summed E-state index contributed by atoms with van der Waals surface area (Å²) in [6.07, 6.45) is 0.905. The van der Waals surface area contributed by atoms with Crippen LogP contribution in [0.25, 0.3) is 0 Å². The first-order chi connectivity index (χ1) is 8.01. The average molecular weight is 253 g/mol. The van der Waals surface area contributed by atoms with Crippen LogP contribution in [-0.4, -0.2) is 24.0 Å². The number of nitrogens with zero attached hydrogens (tertiary/aromatic N) is 1. The molecule has 0 bridgehead atoms. The topological polar surface area (TPSA) is 54.0 Å². The summed E-state index contributed by atoms with van der Waals surface area (Å²) in [5.74, 6) is 0.128. The van der Waals surface area contributed by atoms with Crippen molar-refractivity contribution >= 4 is 17.2 Å². The van der Waals surface area contributed by atoms with Crippen LogP contribution < -0.4 is 10.6 Å². The number of amides is 1. The molecular formula is C12H19N3OS. The SMILES string of the molecule is Cc1csc(C(C)NC(=O)C2(C)CCNC2)n1. The molecule has 4 nitrogen and oxygen atoms in total. The first-order valence-corrected chi connectivity index (χ1v) is 6.83. The Hall–Kier alpha value is -0.940. The molecule has 1 fully saturated rings. The number of carbonyl (C=O) groups excluding carboxylic acids is 1. The van der Waals surface area contributed by atoms with E-state index < -0.39 is 0 Å². The zero-order valence-electron chi connectivity index (χ0n) is 10.5. The third-order valence-electron chi connectivity index (χ3n) is 3.27. The molecule has 0 spiro atoms. The number of thiazole rings is 1. The van der Waals surface area contributed by atoms with E-state index in [0.717, 1.165) is 30.2 Å². The van der Waals surface area contributed by atoms with Gasteiger partial charge in [-0.25, -0.2) is 4.98 Å². The fourth-order valence-corrected chi connectivity index (χ4v) is 2.82. The Morgan fingerprint density at radius 1 is 1.71 bits per heavy atom. The highest BCUT2D eigenvalue weighted by atomic mass is 32.1. The van der Waals surface area contributed by atoms with Crippen LogP contribution in [0.5, 0.6) is 0 Å². The first-order valence-electron chi connectivity index (χ1n) is 5.95. The lowest BCUT2D eigenvalue weighted by molar-refractivity contribution is -0.129. The van der Waals surface area contributed by atoms with E-state index in [-0.39, 0.29) is 17.4 Å². The quantitative estimate of drug-likeness (QED) is 0.861. The molecule has 0 aliphatic carbocycles. The van der Waals surface area contributed by atoms with Gasteiger partial charge >= 0.3 is 0 Å². The highest BCUT2D eigenvalue weighted by Gasteiger charge is 2.36. The van der Waals surface area contributed by atoms with Crippen molar-refractivity contribution in [1.82, 2.24) is 15.6 Å². The van der Waals surface area contributed by atoms with Gasteiger partial charge in [0, 0.05) is 17.6 Å². The van der Waals surface area contributed by atoms with Gasteiger partial charge in [-0.15, -0.1) is 11.3 Å². The molecule has 1 aliphatic heterocycles. The van der Waals surface area contributed by atoms with Gasteiger partial charge in [-0.2, -0.15) is 0 Å². The van der Waals surface area contributed by atoms with Gasteiger partial charge in [-0.05, 0) is 33.7 Å². The lowest BCUT2D eigenvalue weighted by atomic mass is 9.88. The van der Waals surface area contributed by atoms with E-state index in [0.29, 0.717) is 0 Å². The Kier molecular flexibility index (Phi) is 3.49. The number of rotatable bonds is 3. The molecule has 0 aromatic carbocycles. The number of hydrogen-bond donors (Lipinski definition) is 2. The molecule has 0 saturated carbocycles. The minimum Gasteiger partial charge on any atom is -0.347 e. The molecule has 1 saturated heterocycles. The summed E-state index contributed by atoms with van der Waals surface area (Å²) < 4.78 is 0. The third kappa shape index (κ3) is 2.66. The maximum absolute atomic E-state index is 12.2. The number of aryl methyl sites for hydroxylation is 1. The molecule has 1 aromatic heterocycles. The lowest BCUT2D eigenvalue weighted by Gasteiger charge is -2.23. The second-order valence-corrected chi connectivity index (χ2v) is 5.90. The van der Waals surface area contributed by atoms with Gasteiger partial charge in [0.05, 0.1) is 11.5 Å². The Morgan fingerprint density at radius 2 is 2.47 bits per heavy atom. The molecule has 2 unspecified atom stereocenters. The van der Waals surface area contributed by atoms with Crippen LogP contribution in [0.15, 0.2) is 5.38 Å². The first kappa shape index (κ1) is 12.5. The van der Waals surface area contributed by atoms with Gasteiger partial charge in [0.1, 0.15) is 5.01 Å². The lowest BCUT2D eigenvalue weighted by Crippen LogP contribution is -2.41. The van der Waals surface area contributed by atoms with E-state index in [4.69, 9.17) is 0 Å². The molecule has 94 valence electrons. The number of carbonyl (C=O) groups is 1. The predicted octanol–water partition coefficient (Wildman–Crippen LogP) is 1.63. The summed E-state index contributed by atoms with van der Waals surface area (Å²) in [4.78, 5) is 16.6. The van der Waals surface area contributed by atoms with Gasteiger partial charge in [0.15, 0.2) is 0 Å². The zero-order valence-corrected chi connectivity index (χ0v) is 11.4. The van der Waals surface area contributed by atoms with Crippen LogP contribution in [0.4, 0.5) is 0 Å². The summed E-state index contributed by atoms with van der Waals surface area (Å²) in [6, 6.07) is -0.00127. The summed E-state index contributed by atoms with van der Waals surface area (Å²) >= 11 is 1.60. The number of hydrogen-bond acceptors (Lipinski definition) is 4. The van der Waals surface area contributed by atoms with E-state index in [9.17, 15) is 4.79 Å². The fourth-order valence-electron chi connectivity index (χ4n) is 2.01. The molecule has 2 atom stereocenters.